The Morgan fingerprint density at radius 2 is 1.93 bits per heavy atom. The van der Waals surface area contributed by atoms with Crippen LogP contribution in [-0.2, 0) is 0 Å². The van der Waals surface area contributed by atoms with Crippen molar-refractivity contribution in [3.05, 3.63) is 69.3 Å². The number of benzene rings is 2. The fraction of sp³-hybridized carbons (Fsp3) is 0.111. The molecule has 3 rings (SSSR count). The first-order valence-electron chi connectivity index (χ1n) is 7.84. The Bertz CT molecular complexity index is 1000. The molecule has 0 aliphatic carbocycles. The molecule has 0 aliphatic rings. The van der Waals surface area contributed by atoms with Gasteiger partial charge in [-0.1, -0.05) is 0 Å². The average Bonchev–Trinajstić information content (AvgIpc) is 3.10. The lowest BCUT2D eigenvalue weighted by Crippen LogP contribution is -2.18. The smallest absolute Gasteiger partial charge is 0.270 e. The number of halogens is 1. The Balaban J connectivity index is 1.86. The van der Waals surface area contributed by atoms with Gasteiger partial charge in [0.05, 0.1) is 16.2 Å². The predicted octanol–water partition coefficient (Wildman–Crippen LogP) is 4.18. The number of carbonyl (C=O) groups excluding carboxylic acids is 1. The third kappa shape index (κ3) is 4.09. The van der Waals surface area contributed by atoms with Crippen molar-refractivity contribution in [3.8, 4) is 11.3 Å². The number of nitro groups is 1. The number of carbonyl (C=O) groups is 1. The van der Waals surface area contributed by atoms with Gasteiger partial charge in [-0.2, -0.15) is 0 Å². The largest absolute Gasteiger partial charge is 0.377 e. The van der Waals surface area contributed by atoms with Gasteiger partial charge in [-0.15, -0.1) is 11.3 Å². The van der Waals surface area contributed by atoms with Crippen LogP contribution in [0.1, 0.15) is 10.4 Å². The van der Waals surface area contributed by atoms with Gasteiger partial charge in [0.15, 0.2) is 5.13 Å². The molecule has 27 heavy (non-hydrogen) atoms. The molecule has 1 N–H and O–H groups in total. The van der Waals surface area contributed by atoms with Crippen LogP contribution in [0.2, 0.25) is 0 Å². The second kappa shape index (κ2) is 7.50. The molecule has 9 heteroatoms. The topological polar surface area (TPSA) is 88.4 Å². The molecule has 0 radical (unpaired) electrons. The monoisotopic (exact) mass is 386 g/mol. The summed E-state index contributed by atoms with van der Waals surface area (Å²) < 4.78 is 13.0. The highest BCUT2D eigenvalue weighted by atomic mass is 32.1. The molecule has 0 spiro atoms. The number of hydrogen-bond acceptors (Lipinski definition) is 6. The highest BCUT2D eigenvalue weighted by Crippen LogP contribution is 2.28. The Kier molecular flexibility index (Phi) is 5.13. The van der Waals surface area contributed by atoms with Crippen molar-refractivity contribution in [2.45, 2.75) is 0 Å². The number of nitrogens with zero attached hydrogens (tertiary/aromatic N) is 3. The maximum Gasteiger partial charge on any atom is 0.270 e. The normalized spacial score (nSPS) is 10.5. The zero-order valence-corrected chi connectivity index (χ0v) is 15.3. The number of non-ortho nitro benzene ring substituents is 1. The minimum Gasteiger partial charge on any atom is -0.377 e. The maximum absolute atomic E-state index is 13.0. The quantitative estimate of drug-likeness (QED) is 0.525. The summed E-state index contributed by atoms with van der Waals surface area (Å²) in [7, 11) is 3.49. The van der Waals surface area contributed by atoms with Crippen molar-refractivity contribution in [1.82, 2.24) is 4.98 Å². The van der Waals surface area contributed by atoms with Crippen LogP contribution in [0.5, 0.6) is 0 Å². The van der Waals surface area contributed by atoms with Crippen LogP contribution in [0.25, 0.3) is 11.3 Å². The van der Waals surface area contributed by atoms with Gasteiger partial charge in [-0.05, 0) is 30.3 Å². The van der Waals surface area contributed by atoms with E-state index in [4.69, 9.17) is 0 Å². The van der Waals surface area contributed by atoms with Gasteiger partial charge in [0, 0.05) is 42.9 Å². The van der Waals surface area contributed by atoms with E-state index in [0.717, 1.165) is 5.56 Å². The summed E-state index contributed by atoms with van der Waals surface area (Å²) in [4.78, 5) is 29.2. The zero-order chi connectivity index (χ0) is 19.6. The second-order valence-corrected chi connectivity index (χ2v) is 6.71. The molecule has 0 atom stereocenters. The lowest BCUT2D eigenvalue weighted by atomic mass is 10.1. The van der Waals surface area contributed by atoms with Crippen LogP contribution in [0, 0.1) is 15.9 Å². The number of amides is 1. The van der Waals surface area contributed by atoms with Crippen LogP contribution in [-0.4, -0.2) is 29.9 Å². The van der Waals surface area contributed by atoms with Gasteiger partial charge < -0.3 is 4.90 Å². The molecular weight excluding hydrogens is 371 g/mol. The van der Waals surface area contributed by atoms with Gasteiger partial charge in [0.2, 0.25) is 0 Å². The molecule has 3 aromatic rings. The fourth-order valence-corrected chi connectivity index (χ4v) is 3.17. The van der Waals surface area contributed by atoms with Crippen LogP contribution in [0.4, 0.5) is 20.9 Å². The van der Waals surface area contributed by atoms with E-state index in [-0.39, 0.29) is 17.1 Å². The summed E-state index contributed by atoms with van der Waals surface area (Å²) >= 11 is 1.21. The van der Waals surface area contributed by atoms with E-state index in [1.54, 1.807) is 36.5 Å². The molecule has 7 nitrogen and oxygen atoms in total. The summed E-state index contributed by atoms with van der Waals surface area (Å²) in [5, 5.41) is 15.8. The van der Waals surface area contributed by atoms with Crippen molar-refractivity contribution in [2.24, 2.45) is 0 Å². The molecule has 0 fully saturated rings. The number of aromatic nitrogens is 1. The zero-order valence-electron chi connectivity index (χ0n) is 14.5. The summed E-state index contributed by atoms with van der Waals surface area (Å²) in [6.07, 6.45) is 0. The first kappa shape index (κ1) is 18.5. The van der Waals surface area contributed by atoms with E-state index < -0.39 is 10.8 Å². The standard InChI is InChI=1S/C18H15FN4O3S/c1-22(2)16-8-7-13(23(25)26)9-14(16)17(24)21-18-20-15(10-27-18)11-3-5-12(19)6-4-11/h3-10H,1-2H3,(H,20,21,24). The van der Waals surface area contributed by atoms with Gasteiger partial charge in [0.25, 0.3) is 11.6 Å². The summed E-state index contributed by atoms with van der Waals surface area (Å²) in [6, 6.07) is 9.97. The van der Waals surface area contributed by atoms with Crippen molar-refractivity contribution < 1.29 is 14.1 Å². The van der Waals surface area contributed by atoms with Crippen LogP contribution < -0.4 is 10.2 Å². The van der Waals surface area contributed by atoms with Crippen molar-refractivity contribution >= 4 is 33.8 Å². The Hall–Kier alpha value is -3.33. The number of thiazole rings is 1. The molecule has 0 bridgehead atoms. The highest BCUT2D eigenvalue weighted by molar-refractivity contribution is 7.14. The van der Waals surface area contributed by atoms with Crippen molar-refractivity contribution in [1.29, 1.82) is 0 Å². The summed E-state index contributed by atoms with van der Waals surface area (Å²) in [5.41, 5.74) is 1.87. The van der Waals surface area contributed by atoms with Gasteiger partial charge in [0.1, 0.15) is 5.82 Å². The maximum atomic E-state index is 13.0. The third-order valence-corrected chi connectivity index (χ3v) is 4.54. The van der Waals surface area contributed by atoms with E-state index in [0.29, 0.717) is 16.5 Å². The van der Waals surface area contributed by atoms with Crippen molar-refractivity contribution in [3.63, 3.8) is 0 Å². The average molecular weight is 386 g/mol. The fourth-order valence-electron chi connectivity index (χ4n) is 2.46. The number of nitrogens with one attached hydrogen (secondary N) is 1. The molecule has 138 valence electrons. The minimum atomic E-state index is -0.549. The lowest BCUT2D eigenvalue weighted by molar-refractivity contribution is -0.384. The predicted molar refractivity (Wildman–Crippen MR) is 103 cm³/mol. The number of anilines is 2. The second-order valence-electron chi connectivity index (χ2n) is 5.85. The molecule has 0 aliphatic heterocycles. The van der Waals surface area contributed by atoms with Crippen molar-refractivity contribution in [2.75, 3.05) is 24.3 Å². The van der Waals surface area contributed by atoms with Gasteiger partial charge in [-0.25, -0.2) is 9.37 Å². The number of hydrogen-bond donors (Lipinski definition) is 1. The first-order chi connectivity index (χ1) is 12.8. The number of rotatable bonds is 5. The molecular formula is C18H15FN4O3S. The summed E-state index contributed by atoms with van der Waals surface area (Å²) in [5.74, 6) is -0.841. The van der Waals surface area contributed by atoms with Gasteiger partial charge >= 0.3 is 0 Å². The summed E-state index contributed by atoms with van der Waals surface area (Å²) in [6.45, 7) is 0. The molecule has 1 amide bonds. The van der Waals surface area contributed by atoms with Gasteiger partial charge in [-0.3, -0.25) is 20.2 Å². The van der Waals surface area contributed by atoms with Crippen LogP contribution in [0.3, 0.4) is 0 Å². The molecule has 0 saturated carbocycles. The van der Waals surface area contributed by atoms with E-state index in [1.165, 1.54) is 41.7 Å². The van der Waals surface area contributed by atoms with E-state index >= 15 is 0 Å². The Labute approximate surface area is 158 Å². The lowest BCUT2D eigenvalue weighted by Gasteiger charge is -2.16. The Morgan fingerprint density at radius 3 is 2.56 bits per heavy atom. The minimum absolute atomic E-state index is 0.170. The molecule has 1 aromatic heterocycles. The van der Waals surface area contributed by atoms with Crippen LogP contribution in [0.15, 0.2) is 47.8 Å². The highest BCUT2D eigenvalue weighted by Gasteiger charge is 2.19. The first-order valence-corrected chi connectivity index (χ1v) is 8.71. The molecule has 0 saturated heterocycles. The molecule has 0 unspecified atom stereocenters. The van der Waals surface area contributed by atoms with E-state index in [9.17, 15) is 19.3 Å². The molecule has 1 heterocycles. The number of nitro benzene ring substituents is 1. The van der Waals surface area contributed by atoms with Crippen LogP contribution >= 0.6 is 11.3 Å². The van der Waals surface area contributed by atoms with E-state index in [2.05, 4.69) is 10.3 Å². The molecule has 2 aromatic carbocycles. The SMILES string of the molecule is CN(C)c1ccc([N+](=O)[O-])cc1C(=O)Nc1nc(-c2ccc(F)cc2)cs1. The Morgan fingerprint density at radius 1 is 1.22 bits per heavy atom. The van der Waals surface area contributed by atoms with E-state index in [1.807, 2.05) is 0 Å². The third-order valence-electron chi connectivity index (χ3n) is 3.78.